The van der Waals surface area contributed by atoms with Crippen LogP contribution in [0, 0.1) is 0 Å². The second-order valence-electron chi connectivity index (χ2n) is 2.62. The van der Waals surface area contributed by atoms with Crippen LogP contribution in [0.15, 0.2) is 18.2 Å². The molecule has 1 heterocycles. The van der Waals surface area contributed by atoms with Crippen molar-refractivity contribution in [3.8, 4) is 0 Å². The number of sulfonamides is 1. The van der Waals surface area contributed by atoms with E-state index in [1.807, 2.05) is 0 Å². The lowest BCUT2D eigenvalue weighted by molar-refractivity contribution is 0.0690. The van der Waals surface area contributed by atoms with E-state index in [9.17, 15) is 22.0 Å². The minimum atomic E-state index is -4.83. The van der Waals surface area contributed by atoms with E-state index < -0.39 is 33.3 Å². The molecule has 16 heavy (non-hydrogen) atoms. The fourth-order valence-corrected chi connectivity index (χ4v) is 1.30. The molecular weight excluding hydrogens is 246 g/mol. The number of carboxylic acids is 1. The van der Waals surface area contributed by atoms with Gasteiger partial charge in [0.25, 0.3) is 10.0 Å². The Kier molecular flexibility index (Phi) is 3.38. The molecule has 0 saturated heterocycles. The number of carbonyl (C=O) groups is 1. The third-order valence-electron chi connectivity index (χ3n) is 1.45. The van der Waals surface area contributed by atoms with Gasteiger partial charge in [-0.05, 0) is 12.1 Å². The van der Waals surface area contributed by atoms with Gasteiger partial charge in [-0.2, -0.15) is 8.78 Å². The Morgan fingerprint density at radius 3 is 2.56 bits per heavy atom. The Bertz CT molecular complexity index is 503. The van der Waals surface area contributed by atoms with Crippen LogP contribution in [0.25, 0.3) is 0 Å². The molecule has 1 aromatic heterocycles. The lowest BCUT2D eigenvalue weighted by atomic mass is 10.3. The molecule has 0 bridgehead atoms. The molecule has 6 nitrogen and oxygen atoms in total. The van der Waals surface area contributed by atoms with E-state index in [1.54, 1.807) is 0 Å². The van der Waals surface area contributed by atoms with Gasteiger partial charge in [-0.3, -0.25) is 4.72 Å². The fraction of sp³-hybridized carbons (Fsp3) is 0.143. The molecule has 0 aromatic carbocycles. The Morgan fingerprint density at radius 1 is 1.44 bits per heavy atom. The molecule has 0 amide bonds. The van der Waals surface area contributed by atoms with E-state index >= 15 is 0 Å². The van der Waals surface area contributed by atoms with Crippen LogP contribution in [0.2, 0.25) is 0 Å². The summed E-state index contributed by atoms with van der Waals surface area (Å²) in [4.78, 5) is 13.8. The number of carboxylic acid groups (broad SMARTS) is 1. The second kappa shape index (κ2) is 4.39. The summed E-state index contributed by atoms with van der Waals surface area (Å²) in [5, 5.41) is 8.53. The van der Waals surface area contributed by atoms with Gasteiger partial charge in [-0.15, -0.1) is 0 Å². The van der Waals surface area contributed by atoms with E-state index in [4.69, 9.17) is 5.11 Å². The third kappa shape index (κ3) is 2.86. The summed E-state index contributed by atoms with van der Waals surface area (Å²) in [6, 6.07) is 3.34. The normalized spacial score (nSPS) is 11.4. The topological polar surface area (TPSA) is 96.4 Å². The van der Waals surface area contributed by atoms with Crippen molar-refractivity contribution in [1.82, 2.24) is 4.98 Å². The number of nitrogens with one attached hydrogen (secondary N) is 1. The van der Waals surface area contributed by atoms with Crippen molar-refractivity contribution in [1.29, 1.82) is 0 Å². The number of hydrogen-bond acceptors (Lipinski definition) is 4. The van der Waals surface area contributed by atoms with Crippen LogP contribution in [0.4, 0.5) is 14.6 Å². The molecule has 9 heteroatoms. The number of aromatic carboxylic acids is 1. The average molecular weight is 252 g/mol. The number of pyridine rings is 1. The van der Waals surface area contributed by atoms with E-state index in [1.165, 1.54) is 10.8 Å². The Labute approximate surface area is 89.0 Å². The van der Waals surface area contributed by atoms with Gasteiger partial charge >= 0.3 is 11.7 Å². The number of hydrogen-bond donors (Lipinski definition) is 2. The third-order valence-corrected chi connectivity index (χ3v) is 2.41. The van der Waals surface area contributed by atoms with Crippen molar-refractivity contribution < 1.29 is 27.1 Å². The number of nitrogens with zero attached hydrogens (tertiary/aromatic N) is 1. The molecule has 0 aliphatic heterocycles. The van der Waals surface area contributed by atoms with Gasteiger partial charge in [0.05, 0.1) is 0 Å². The molecule has 0 radical (unpaired) electrons. The molecule has 0 atom stereocenters. The molecule has 1 rings (SSSR count). The smallest absolute Gasteiger partial charge is 0.355 e. The largest absolute Gasteiger partial charge is 0.477 e. The Hall–Kier alpha value is -1.77. The zero-order valence-electron chi connectivity index (χ0n) is 7.59. The number of anilines is 1. The van der Waals surface area contributed by atoms with Crippen molar-refractivity contribution in [3.63, 3.8) is 0 Å². The zero-order valence-corrected chi connectivity index (χ0v) is 8.41. The van der Waals surface area contributed by atoms with Crippen molar-refractivity contribution in [3.05, 3.63) is 23.9 Å². The quantitative estimate of drug-likeness (QED) is 0.824. The standard InChI is InChI=1S/C7H6F2N2O4S/c8-7(9)16(14,15)11-5-3-1-2-4(10-5)6(12)13/h1-3,7H,(H,10,11)(H,12,13). The van der Waals surface area contributed by atoms with Gasteiger partial charge in [-0.25, -0.2) is 18.2 Å². The highest BCUT2D eigenvalue weighted by Gasteiger charge is 2.24. The van der Waals surface area contributed by atoms with Gasteiger partial charge in [0.1, 0.15) is 5.82 Å². The predicted molar refractivity (Wildman–Crippen MR) is 49.7 cm³/mol. The van der Waals surface area contributed by atoms with Crippen molar-refractivity contribution in [2.75, 3.05) is 4.72 Å². The SMILES string of the molecule is O=C(O)c1cccc(NS(=O)(=O)C(F)F)n1. The molecule has 0 unspecified atom stereocenters. The van der Waals surface area contributed by atoms with Gasteiger partial charge in [0.15, 0.2) is 5.69 Å². The Morgan fingerprint density at radius 2 is 2.06 bits per heavy atom. The molecule has 0 fully saturated rings. The lowest BCUT2D eigenvalue weighted by Crippen LogP contribution is -2.21. The molecule has 0 saturated carbocycles. The summed E-state index contributed by atoms with van der Waals surface area (Å²) in [6.07, 6.45) is 0. The summed E-state index contributed by atoms with van der Waals surface area (Å²) in [5.74, 6) is -5.47. The summed E-state index contributed by atoms with van der Waals surface area (Å²) >= 11 is 0. The van der Waals surface area contributed by atoms with Crippen molar-refractivity contribution in [2.45, 2.75) is 5.76 Å². The number of halogens is 2. The molecule has 0 aliphatic carbocycles. The molecule has 2 N–H and O–H groups in total. The second-order valence-corrected chi connectivity index (χ2v) is 4.27. The number of aromatic nitrogens is 1. The molecule has 0 aliphatic rings. The van der Waals surface area contributed by atoms with Crippen molar-refractivity contribution in [2.24, 2.45) is 0 Å². The zero-order chi connectivity index (χ0) is 12.3. The molecular formula is C7H6F2N2O4S. The Balaban J connectivity index is 2.99. The lowest BCUT2D eigenvalue weighted by Gasteiger charge is -2.05. The molecule has 88 valence electrons. The molecule has 0 spiro atoms. The highest BCUT2D eigenvalue weighted by molar-refractivity contribution is 7.92. The van der Waals surface area contributed by atoms with Crippen LogP contribution in [0.3, 0.4) is 0 Å². The van der Waals surface area contributed by atoms with Gasteiger partial charge < -0.3 is 5.11 Å². The van der Waals surface area contributed by atoms with Gasteiger partial charge in [0, 0.05) is 0 Å². The maximum absolute atomic E-state index is 12.0. The average Bonchev–Trinajstić information content (AvgIpc) is 2.17. The van der Waals surface area contributed by atoms with Crippen LogP contribution in [-0.2, 0) is 10.0 Å². The number of rotatable bonds is 4. The van der Waals surface area contributed by atoms with E-state index in [2.05, 4.69) is 4.98 Å². The highest BCUT2D eigenvalue weighted by Crippen LogP contribution is 2.11. The summed E-state index contributed by atoms with van der Waals surface area (Å²) in [7, 11) is -4.83. The van der Waals surface area contributed by atoms with Gasteiger partial charge in [-0.1, -0.05) is 6.07 Å². The van der Waals surface area contributed by atoms with Crippen molar-refractivity contribution >= 4 is 21.8 Å². The fourth-order valence-electron chi connectivity index (χ4n) is 0.801. The molecule has 1 aromatic rings. The van der Waals surface area contributed by atoms with Gasteiger partial charge in [0.2, 0.25) is 0 Å². The summed E-state index contributed by atoms with van der Waals surface area (Å²) in [5.41, 5.74) is -0.450. The first-order valence-electron chi connectivity index (χ1n) is 3.83. The van der Waals surface area contributed by atoms with Crippen LogP contribution < -0.4 is 4.72 Å². The highest BCUT2D eigenvalue weighted by atomic mass is 32.2. The maximum atomic E-state index is 12.0. The monoisotopic (exact) mass is 252 g/mol. The first-order valence-corrected chi connectivity index (χ1v) is 5.37. The van der Waals surface area contributed by atoms with Crippen LogP contribution in [0.5, 0.6) is 0 Å². The van der Waals surface area contributed by atoms with Crippen LogP contribution >= 0.6 is 0 Å². The van der Waals surface area contributed by atoms with E-state index in [0.717, 1.165) is 12.1 Å². The van der Waals surface area contributed by atoms with E-state index in [0.29, 0.717) is 0 Å². The summed E-state index contributed by atoms with van der Waals surface area (Å²) < 4.78 is 46.9. The maximum Gasteiger partial charge on any atom is 0.355 e. The number of alkyl halides is 2. The summed E-state index contributed by atoms with van der Waals surface area (Å²) in [6.45, 7) is 0. The first-order chi connectivity index (χ1) is 7.33. The van der Waals surface area contributed by atoms with Crippen LogP contribution in [-0.4, -0.2) is 30.2 Å². The minimum Gasteiger partial charge on any atom is -0.477 e. The first kappa shape index (κ1) is 12.3. The van der Waals surface area contributed by atoms with E-state index in [-0.39, 0.29) is 0 Å². The minimum absolute atomic E-state index is 0.450. The van der Waals surface area contributed by atoms with Crippen LogP contribution in [0.1, 0.15) is 10.5 Å². The predicted octanol–water partition coefficient (Wildman–Crippen LogP) is 0.744.